The minimum Gasteiger partial charge on any atom is -0.507 e. The van der Waals surface area contributed by atoms with Gasteiger partial charge >= 0.3 is 5.91 Å². The van der Waals surface area contributed by atoms with Gasteiger partial charge in [-0.15, -0.1) is 0 Å². The van der Waals surface area contributed by atoms with Gasteiger partial charge in [0, 0.05) is 30.1 Å². The van der Waals surface area contributed by atoms with Crippen molar-refractivity contribution in [1.29, 1.82) is 0 Å². The molecule has 1 fully saturated rings. The molecule has 9 heteroatoms. The predicted octanol–water partition coefficient (Wildman–Crippen LogP) is 3.01. The average molecular weight is 402 g/mol. The molecule has 0 aliphatic carbocycles. The Morgan fingerprint density at radius 2 is 1.70 bits per heavy atom. The van der Waals surface area contributed by atoms with Gasteiger partial charge in [0.2, 0.25) is 5.95 Å². The highest BCUT2D eigenvalue weighted by molar-refractivity contribution is 6.51. The minimum atomic E-state index is -1.13. The molecular formula is C21H14N4O5. The first-order chi connectivity index (χ1) is 14.5. The molecule has 1 atom stereocenters. The second-order valence-corrected chi connectivity index (χ2v) is 6.44. The maximum Gasteiger partial charge on any atom is 0.302 e. The van der Waals surface area contributed by atoms with Crippen molar-refractivity contribution >= 4 is 29.1 Å². The third-order valence-electron chi connectivity index (χ3n) is 4.66. The van der Waals surface area contributed by atoms with Crippen LogP contribution in [0.2, 0.25) is 0 Å². The number of carbonyl (C=O) groups excluding carboxylic acids is 2. The first-order valence-corrected chi connectivity index (χ1v) is 8.87. The Balaban J connectivity index is 1.97. The van der Waals surface area contributed by atoms with Gasteiger partial charge in [-0.2, -0.15) is 0 Å². The number of carbonyl (C=O) groups is 2. The van der Waals surface area contributed by atoms with E-state index in [1.165, 1.54) is 36.7 Å². The van der Waals surface area contributed by atoms with Crippen LogP contribution in [-0.2, 0) is 9.59 Å². The molecule has 1 aliphatic rings. The molecule has 9 nitrogen and oxygen atoms in total. The number of non-ortho nitro benzene ring substituents is 1. The summed E-state index contributed by atoms with van der Waals surface area (Å²) in [4.78, 5) is 45.6. The third-order valence-corrected chi connectivity index (χ3v) is 4.66. The zero-order valence-electron chi connectivity index (χ0n) is 15.4. The summed E-state index contributed by atoms with van der Waals surface area (Å²) in [5.41, 5.74) is 0.194. The average Bonchev–Trinajstić information content (AvgIpc) is 3.05. The third kappa shape index (κ3) is 3.18. The number of anilines is 1. The van der Waals surface area contributed by atoms with Crippen LogP contribution in [0.4, 0.5) is 11.6 Å². The highest BCUT2D eigenvalue weighted by atomic mass is 16.6. The molecule has 1 aromatic heterocycles. The van der Waals surface area contributed by atoms with Crippen LogP contribution in [0.25, 0.3) is 5.76 Å². The van der Waals surface area contributed by atoms with Gasteiger partial charge in [-0.05, 0) is 11.6 Å². The minimum absolute atomic E-state index is 0.0526. The van der Waals surface area contributed by atoms with Crippen molar-refractivity contribution in [2.75, 3.05) is 4.90 Å². The number of aliphatic hydroxyl groups excluding tert-OH is 1. The molecule has 0 saturated carbocycles. The zero-order valence-corrected chi connectivity index (χ0v) is 15.4. The molecule has 1 unspecified atom stereocenters. The molecule has 0 spiro atoms. The topological polar surface area (TPSA) is 127 Å². The van der Waals surface area contributed by atoms with E-state index < -0.39 is 22.7 Å². The van der Waals surface area contributed by atoms with Gasteiger partial charge in [-0.1, -0.05) is 42.5 Å². The van der Waals surface area contributed by atoms with Crippen LogP contribution in [0.15, 0.2) is 78.6 Å². The Bertz CT molecular complexity index is 1180. The zero-order chi connectivity index (χ0) is 21.3. The van der Waals surface area contributed by atoms with Gasteiger partial charge < -0.3 is 5.11 Å². The summed E-state index contributed by atoms with van der Waals surface area (Å²) < 4.78 is 0. The number of aromatic nitrogens is 2. The van der Waals surface area contributed by atoms with Crippen LogP contribution in [0, 0.1) is 10.1 Å². The summed E-state index contributed by atoms with van der Waals surface area (Å²) in [5, 5.41) is 22.1. The molecule has 1 aliphatic heterocycles. The predicted molar refractivity (Wildman–Crippen MR) is 106 cm³/mol. The van der Waals surface area contributed by atoms with E-state index in [1.807, 2.05) is 0 Å². The number of nitro groups is 1. The Hall–Kier alpha value is -4.40. The fourth-order valence-corrected chi connectivity index (χ4v) is 3.33. The summed E-state index contributed by atoms with van der Waals surface area (Å²) in [5.74, 6) is -2.30. The van der Waals surface area contributed by atoms with Crippen molar-refractivity contribution in [2.24, 2.45) is 0 Å². The highest BCUT2D eigenvalue weighted by Gasteiger charge is 2.48. The Morgan fingerprint density at radius 1 is 1.00 bits per heavy atom. The molecule has 0 radical (unpaired) electrons. The lowest BCUT2D eigenvalue weighted by molar-refractivity contribution is -0.384. The highest BCUT2D eigenvalue weighted by Crippen LogP contribution is 2.41. The van der Waals surface area contributed by atoms with E-state index in [2.05, 4.69) is 9.97 Å². The smallest absolute Gasteiger partial charge is 0.302 e. The van der Waals surface area contributed by atoms with Crippen molar-refractivity contribution in [3.63, 3.8) is 0 Å². The molecule has 2 aromatic carbocycles. The van der Waals surface area contributed by atoms with Crippen molar-refractivity contribution in [2.45, 2.75) is 6.04 Å². The number of ketones is 1. The van der Waals surface area contributed by atoms with Crippen LogP contribution < -0.4 is 4.90 Å². The van der Waals surface area contributed by atoms with Gasteiger partial charge in [0.25, 0.3) is 11.5 Å². The van der Waals surface area contributed by atoms with Crippen molar-refractivity contribution < 1.29 is 19.6 Å². The van der Waals surface area contributed by atoms with E-state index in [4.69, 9.17) is 0 Å². The lowest BCUT2D eigenvalue weighted by atomic mass is 9.95. The number of nitro benzene ring substituents is 1. The molecular weight excluding hydrogens is 388 g/mol. The Morgan fingerprint density at radius 3 is 2.37 bits per heavy atom. The molecule has 1 amide bonds. The van der Waals surface area contributed by atoms with Crippen molar-refractivity contribution in [3.8, 4) is 0 Å². The lowest BCUT2D eigenvalue weighted by Gasteiger charge is -2.23. The molecule has 1 saturated heterocycles. The van der Waals surface area contributed by atoms with E-state index in [9.17, 15) is 24.8 Å². The number of Topliss-reactive ketones (excluding diaryl/α,β-unsaturated/α-hetero) is 1. The number of hydrogen-bond donors (Lipinski definition) is 1. The van der Waals surface area contributed by atoms with E-state index >= 15 is 0 Å². The molecule has 1 N–H and O–H groups in total. The first-order valence-electron chi connectivity index (χ1n) is 8.87. The summed E-state index contributed by atoms with van der Waals surface area (Å²) in [7, 11) is 0. The maximum atomic E-state index is 12.9. The van der Waals surface area contributed by atoms with Crippen LogP contribution in [-0.4, -0.2) is 31.7 Å². The fourth-order valence-electron chi connectivity index (χ4n) is 3.33. The van der Waals surface area contributed by atoms with Crippen LogP contribution in [0.3, 0.4) is 0 Å². The van der Waals surface area contributed by atoms with Crippen LogP contribution >= 0.6 is 0 Å². The van der Waals surface area contributed by atoms with Gasteiger partial charge in [0.05, 0.1) is 16.5 Å². The molecule has 148 valence electrons. The summed E-state index contributed by atoms with van der Waals surface area (Å²) in [6.45, 7) is 0. The van der Waals surface area contributed by atoms with Crippen LogP contribution in [0.5, 0.6) is 0 Å². The lowest BCUT2D eigenvalue weighted by Crippen LogP contribution is -2.31. The number of aliphatic hydroxyl groups is 1. The molecule has 4 rings (SSSR count). The van der Waals surface area contributed by atoms with E-state index in [0.29, 0.717) is 5.56 Å². The summed E-state index contributed by atoms with van der Waals surface area (Å²) in [6, 6.07) is 14.2. The first kappa shape index (κ1) is 18.9. The molecule has 3 aromatic rings. The van der Waals surface area contributed by atoms with Crippen molar-refractivity contribution in [3.05, 3.63) is 99.9 Å². The monoisotopic (exact) mass is 402 g/mol. The molecule has 30 heavy (non-hydrogen) atoms. The number of hydrogen-bond acceptors (Lipinski definition) is 7. The molecule has 2 heterocycles. The van der Waals surface area contributed by atoms with E-state index in [-0.39, 0.29) is 28.5 Å². The number of amides is 1. The van der Waals surface area contributed by atoms with Crippen LogP contribution in [0.1, 0.15) is 17.2 Å². The normalized spacial score (nSPS) is 17.9. The number of benzene rings is 2. The number of nitrogens with zero attached hydrogens (tertiary/aromatic N) is 4. The Labute approximate surface area is 170 Å². The van der Waals surface area contributed by atoms with Gasteiger partial charge in [0.15, 0.2) is 0 Å². The summed E-state index contributed by atoms with van der Waals surface area (Å²) in [6.07, 6.45) is 2.81. The van der Waals surface area contributed by atoms with E-state index in [0.717, 1.165) is 4.90 Å². The van der Waals surface area contributed by atoms with Crippen molar-refractivity contribution in [1.82, 2.24) is 9.97 Å². The second-order valence-electron chi connectivity index (χ2n) is 6.44. The summed E-state index contributed by atoms with van der Waals surface area (Å²) >= 11 is 0. The number of rotatable bonds is 4. The Kier molecular flexibility index (Phi) is 4.77. The maximum absolute atomic E-state index is 12.9. The SMILES string of the molecule is O=C1C(=O)N(c2ncccn2)C(c2cccc([N+](=O)[O-])c2)/C1=C(\O)c1ccccc1. The fraction of sp³-hybridized carbons (Fsp3) is 0.0476. The second kappa shape index (κ2) is 7.55. The molecule has 0 bridgehead atoms. The quantitative estimate of drug-likeness (QED) is 0.234. The van der Waals surface area contributed by atoms with E-state index in [1.54, 1.807) is 36.4 Å². The largest absolute Gasteiger partial charge is 0.507 e. The van der Waals surface area contributed by atoms with Gasteiger partial charge in [-0.25, -0.2) is 9.97 Å². The van der Waals surface area contributed by atoms with Gasteiger partial charge in [-0.3, -0.25) is 24.6 Å². The van der Waals surface area contributed by atoms with Gasteiger partial charge in [0.1, 0.15) is 5.76 Å². The standard InChI is InChI=1S/C21H14N4O5/c26-18(13-6-2-1-3-7-13)16-17(14-8-4-9-15(12-14)25(29)30)24(20(28)19(16)27)21-22-10-5-11-23-21/h1-12,17,26H/b18-16+.